The third-order valence-electron chi connectivity index (χ3n) is 2.70. The lowest BCUT2D eigenvalue weighted by Crippen LogP contribution is -2.18. The molecule has 1 aromatic heterocycles. The summed E-state index contributed by atoms with van der Waals surface area (Å²) >= 11 is 0. The van der Waals surface area contributed by atoms with E-state index in [0.29, 0.717) is 17.7 Å². The molecule has 0 atom stereocenters. The summed E-state index contributed by atoms with van der Waals surface area (Å²) in [6.07, 6.45) is 0.423. The van der Waals surface area contributed by atoms with E-state index in [1.807, 2.05) is 13.8 Å². The monoisotopic (exact) mass is 239 g/mol. The standard InChI is InChI=1S/C10H13N3O2S/c1-7(2)13-10(5-11)8-6-16(14,15)4-3-9(8)12-13/h7H,3-4,6H2,1-2H3. The van der Waals surface area contributed by atoms with Crippen LogP contribution in [0.4, 0.5) is 0 Å². The van der Waals surface area contributed by atoms with Crippen molar-refractivity contribution in [2.75, 3.05) is 5.75 Å². The highest BCUT2D eigenvalue weighted by molar-refractivity contribution is 7.90. The molecule has 0 aromatic carbocycles. The maximum atomic E-state index is 11.5. The predicted molar refractivity (Wildman–Crippen MR) is 58.5 cm³/mol. The van der Waals surface area contributed by atoms with Crippen molar-refractivity contribution in [1.82, 2.24) is 9.78 Å². The molecule has 0 unspecified atom stereocenters. The SMILES string of the molecule is CC(C)n1nc2c(c1C#N)CS(=O)(=O)CC2. The molecule has 0 bridgehead atoms. The van der Waals surface area contributed by atoms with Gasteiger partial charge in [0.1, 0.15) is 11.8 Å². The van der Waals surface area contributed by atoms with Crippen LogP contribution in [0, 0.1) is 11.3 Å². The van der Waals surface area contributed by atoms with E-state index in [2.05, 4.69) is 11.2 Å². The van der Waals surface area contributed by atoms with Gasteiger partial charge < -0.3 is 0 Å². The quantitative estimate of drug-likeness (QED) is 0.726. The molecule has 0 fully saturated rings. The highest BCUT2D eigenvalue weighted by Gasteiger charge is 2.28. The van der Waals surface area contributed by atoms with Gasteiger partial charge in [-0.25, -0.2) is 8.42 Å². The van der Waals surface area contributed by atoms with Crippen molar-refractivity contribution in [1.29, 1.82) is 5.26 Å². The minimum atomic E-state index is -3.05. The van der Waals surface area contributed by atoms with Crippen LogP contribution >= 0.6 is 0 Å². The van der Waals surface area contributed by atoms with Crippen LogP contribution in [0.2, 0.25) is 0 Å². The summed E-state index contributed by atoms with van der Waals surface area (Å²) < 4.78 is 24.6. The number of rotatable bonds is 1. The largest absolute Gasteiger partial charge is 0.252 e. The van der Waals surface area contributed by atoms with Crippen molar-refractivity contribution >= 4 is 9.84 Å². The van der Waals surface area contributed by atoms with Gasteiger partial charge in [-0.05, 0) is 13.8 Å². The van der Waals surface area contributed by atoms with Gasteiger partial charge in [-0.3, -0.25) is 4.68 Å². The summed E-state index contributed by atoms with van der Waals surface area (Å²) in [5.74, 6) is 0.0952. The molecular formula is C10H13N3O2S. The molecular weight excluding hydrogens is 226 g/mol. The Labute approximate surface area is 94.6 Å². The molecule has 0 spiro atoms. The Morgan fingerprint density at radius 1 is 1.50 bits per heavy atom. The Morgan fingerprint density at radius 2 is 2.19 bits per heavy atom. The first-order valence-electron chi connectivity index (χ1n) is 5.15. The number of nitrogens with zero attached hydrogens (tertiary/aromatic N) is 3. The van der Waals surface area contributed by atoms with Crippen LogP contribution in [0.5, 0.6) is 0 Å². The fourth-order valence-electron chi connectivity index (χ4n) is 1.90. The highest BCUT2D eigenvalue weighted by atomic mass is 32.2. The molecule has 0 aliphatic carbocycles. The second-order valence-electron chi connectivity index (χ2n) is 4.27. The minimum absolute atomic E-state index is 0.0437. The molecule has 1 aromatic rings. The molecule has 0 saturated carbocycles. The first-order chi connectivity index (χ1) is 7.44. The van der Waals surface area contributed by atoms with Crippen molar-refractivity contribution < 1.29 is 8.42 Å². The first kappa shape index (κ1) is 11.1. The minimum Gasteiger partial charge on any atom is -0.252 e. The Balaban J connectivity index is 2.60. The molecule has 86 valence electrons. The number of aromatic nitrogens is 2. The lowest BCUT2D eigenvalue weighted by molar-refractivity contribution is 0.521. The zero-order chi connectivity index (χ0) is 11.9. The second kappa shape index (κ2) is 3.59. The number of sulfone groups is 1. The molecule has 6 heteroatoms. The van der Waals surface area contributed by atoms with Crippen molar-refractivity contribution in [3.8, 4) is 6.07 Å². The lowest BCUT2D eigenvalue weighted by atomic mass is 10.1. The maximum Gasteiger partial charge on any atom is 0.155 e. The summed E-state index contributed by atoms with van der Waals surface area (Å²) in [5, 5.41) is 13.4. The zero-order valence-corrected chi connectivity index (χ0v) is 10.1. The third-order valence-corrected chi connectivity index (χ3v) is 4.26. The van der Waals surface area contributed by atoms with Gasteiger partial charge in [0.2, 0.25) is 0 Å². The van der Waals surface area contributed by atoms with Crippen LogP contribution in [0.15, 0.2) is 0 Å². The molecule has 2 rings (SSSR count). The molecule has 1 aliphatic heterocycles. The van der Waals surface area contributed by atoms with Crippen LogP contribution in [-0.4, -0.2) is 24.0 Å². The normalized spacial score (nSPS) is 18.1. The van der Waals surface area contributed by atoms with Gasteiger partial charge in [-0.1, -0.05) is 0 Å². The van der Waals surface area contributed by atoms with Crippen LogP contribution < -0.4 is 0 Å². The van der Waals surface area contributed by atoms with Crippen LogP contribution in [0.25, 0.3) is 0 Å². The molecule has 0 saturated heterocycles. The molecule has 2 heterocycles. The van der Waals surface area contributed by atoms with E-state index in [9.17, 15) is 8.42 Å². The van der Waals surface area contributed by atoms with Gasteiger partial charge in [-0.15, -0.1) is 0 Å². The highest BCUT2D eigenvalue weighted by Crippen LogP contribution is 2.25. The van der Waals surface area contributed by atoms with Crippen LogP contribution in [-0.2, 0) is 22.0 Å². The first-order valence-corrected chi connectivity index (χ1v) is 6.97. The van der Waals surface area contributed by atoms with Gasteiger partial charge in [0.25, 0.3) is 0 Å². The summed E-state index contributed by atoms with van der Waals surface area (Å²) in [4.78, 5) is 0. The predicted octanol–water partition coefficient (Wildman–Crippen LogP) is 0.807. The molecule has 0 N–H and O–H groups in total. The Morgan fingerprint density at radius 3 is 2.75 bits per heavy atom. The summed E-state index contributed by atoms with van der Waals surface area (Å²) in [7, 11) is -3.05. The second-order valence-corrected chi connectivity index (χ2v) is 6.45. The Bertz CT molecular complexity index is 564. The van der Waals surface area contributed by atoms with Gasteiger partial charge in [0, 0.05) is 18.0 Å². The molecule has 0 amide bonds. The lowest BCUT2D eigenvalue weighted by Gasteiger charge is -2.10. The van der Waals surface area contributed by atoms with E-state index in [1.54, 1.807) is 4.68 Å². The number of fused-ring (bicyclic) bond motifs is 1. The smallest absolute Gasteiger partial charge is 0.155 e. The zero-order valence-electron chi connectivity index (χ0n) is 9.27. The van der Waals surface area contributed by atoms with E-state index in [0.717, 1.165) is 5.69 Å². The summed E-state index contributed by atoms with van der Waals surface area (Å²) in [5.41, 5.74) is 1.76. The van der Waals surface area contributed by atoms with Crippen molar-refractivity contribution in [3.05, 3.63) is 17.0 Å². The number of aryl methyl sites for hydroxylation is 1. The van der Waals surface area contributed by atoms with Crippen molar-refractivity contribution in [2.24, 2.45) is 0 Å². The van der Waals surface area contributed by atoms with Crippen molar-refractivity contribution in [2.45, 2.75) is 32.1 Å². The Hall–Kier alpha value is -1.35. The van der Waals surface area contributed by atoms with E-state index in [-0.39, 0.29) is 17.5 Å². The van der Waals surface area contributed by atoms with E-state index in [1.165, 1.54) is 0 Å². The van der Waals surface area contributed by atoms with Gasteiger partial charge in [0.15, 0.2) is 9.84 Å². The number of nitriles is 1. The maximum absolute atomic E-state index is 11.5. The van der Waals surface area contributed by atoms with E-state index in [4.69, 9.17) is 5.26 Å². The van der Waals surface area contributed by atoms with Gasteiger partial charge >= 0.3 is 0 Å². The van der Waals surface area contributed by atoms with Crippen molar-refractivity contribution in [3.63, 3.8) is 0 Å². The van der Waals surface area contributed by atoms with Crippen LogP contribution in [0.3, 0.4) is 0 Å². The molecule has 5 nitrogen and oxygen atoms in total. The van der Waals surface area contributed by atoms with Gasteiger partial charge in [-0.2, -0.15) is 10.4 Å². The number of hydrogen-bond donors (Lipinski definition) is 0. The average molecular weight is 239 g/mol. The third kappa shape index (κ3) is 1.71. The summed E-state index contributed by atoms with van der Waals surface area (Å²) in [6, 6.07) is 2.13. The molecule has 1 aliphatic rings. The van der Waals surface area contributed by atoms with E-state index >= 15 is 0 Å². The average Bonchev–Trinajstić information content (AvgIpc) is 2.53. The summed E-state index contributed by atoms with van der Waals surface area (Å²) in [6.45, 7) is 3.85. The number of hydrogen-bond acceptors (Lipinski definition) is 4. The van der Waals surface area contributed by atoms with E-state index < -0.39 is 9.84 Å². The Kier molecular flexibility index (Phi) is 2.50. The molecule has 16 heavy (non-hydrogen) atoms. The van der Waals surface area contributed by atoms with Gasteiger partial charge in [0.05, 0.1) is 17.2 Å². The fraction of sp³-hybridized carbons (Fsp3) is 0.600. The van der Waals surface area contributed by atoms with Crippen LogP contribution in [0.1, 0.15) is 36.8 Å². The fourth-order valence-corrected chi connectivity index (χ4v) is 3.30. The molecule has 0 radical (unpaired) electrons. The topological polar surface area (TPSA) is 75.8 Å².